The molecule has 1 aromatic rings. The number of likely N-dealkylation sites (N-methyl/N-ethyl adjacent to an activating group) is 1. The van der Waals surface area contributed by atoms with E-state index in [0.29, 0.717) is 0 Å². The molecular formula is C10H15NO2. The number of rotatable bonds is 3. The summed E-state index contributed by atoms with van der Waals surface area (Å²) >= 11 is 0. The second-order valence-electron chi connectivity index (χ2n) is 3.06. The Hall–Kier alpha value is -1.06. The summed E-state index contributed by atoms with van der Waals surface area (Å²) in [6.07, 6.45) is 0. The van der Waals surface area contributed by atoms with Crippen LogP contribution < -0.4 is 5.32 Å². The molecule has 0 fully saturated rings. The van der Waals surface area contributed by atoms with Crippen LogP contribution >= 0.6 is 0 Å². The maximum atomic E-state index is 9.27. The van der Waals surface area contributed by atoms with Crippen LogP contribution in [0.15, 0.2) is 18.2 Å². The molecule has 0 saturated heterocycles. The maximum absolute atomic E-state index is 9.27. The third-order valence-corrected chi connectivity index (χ3v) is 2.17. The quantitative estimate of drug-likeness (QED) is 0.651. The molecule has 13 heavy (non-hydrogen) atoms. The van der Waals surface area contributed by atoms with Crippen molar-refractivity contribution in [3.05, 3.63) is 29.3 Å². The summed E-state index contributed by atoms with van der Waals surface area (Å²) in [6, 6.07) is 5.05. The zero-order valence-electron chi connectivity index (χ0n) is 7.91. The van der Waals surface area contributed by atoms with Crippen molar-refractivity contribution in [1.82, 2.24) is 5.32 Å². The van der Waals surface area contributed by atoms with Crippen molar-refractivity contribution in [2.75, 3.05) is 13.7 Å². The van der Waals surface area contributed by atoms with Gasteiger partial charge in [-0.2, -0.15) is 0 Å². The highest BCUT2D eigenvalue weighted by Gasteiger charge is 2.10. The first-order valence-electron chi connectivity index (χ1n) is 4.26. The summed E-state index contributed by atoms with van der Waals surface area (Å²) in [7, 11) is 1.78. The van der Waals surface area contributed by atoms with Gasteiger partial charge in [0.05, 0.1) is 12.6 Å². The summed E-state index contributed by atoms with van der Waals surface area (Å²) in [6.45, 7) is 1.98. The number of hydrogen-bond acceptors (Lipinski definition) is 3. The van der Waals surface area contributed by atoms with Crippen LogP contribution in [0.3, 0.4) is 0 Å². The number of benzene rings is 1. The predicted molar refractivity (Wildman–Crippen MR) is 51.7 cm³/mol. The molecule has 0 aliphatic rings. The molecule has 0 aromatic heterocycles. The van der Waals surface area contributed by atoms with Crippen molar-refractivity contribution in [3.63, 3.8) is 0 Å². The van der Waals surface area contributed by atoms with Crippen LogP contribution in [0.5, 0.6) is 5.75 Å². The SMILES string of the molecule is CNC(CO)c1cc(O)ccc1C. The number of phenols is 1. The minimum atomic E-state index is -0.105. The molecule has 0 aliphatic heterocycles. The van der Waals surface area contributed by atoms with E-state index in [2.05, 4.69) is 5.32 Å². The van der Waals surface area contributed by atoms with Gasteiger partial charge in [-0.1, -0.05) is 6.07 Å². The van der Waals surface area contributed by atoms with Crippen molar-refractivity contribution in [3.8, 4) is 5.75 Å². The lowest BCUT2D eigenvalue weighted by Gasteiger charge is -2.16. The van der Waals surface area contributed by atoms with Crippen LogP contribution in [0.4, 0.5) is 0 Å². The van der Waals surface area contributed by atoms with Crippen LogP contribution in [-0.4, -0.2) is 23.9 Å². The molecule has 0 amide bonds. The number of phenolic OH excluding ortho intramolecular Hbond substituents is 1. The molecule has 0 saturated carbocycles. The number of hydrogen-bond donors (Lipinski definition) is 3. The molecule has 0 radical (unpaired) electrons. The molecular weight excluding hydrogens is 166 g/mol. The van der Waals surface area contributed by atoms with E-state index in [9.17, 15) is 5.11 Å². The molecule has 72 valence electrons. The molecule has 1 atom stereocenters. The van der Waals surface area contributed by atoms with E-state index in [-0.39, 0.29) is 18.4 Å². The molecule has 0 bridgehead atoms. The van der Waals surface area contributed by atoms with Crippen molar-refractivity contribution in [2.24, 2.45) is 0 Å². The van der Waals surface area contributed by atoms with Gasteiger partial charge in [0.2, 0.25) is 0 Å². The topological polar surface area (TPSA) is 52.5 Å². The van der Waals surface area contributed by atoms with Crippen molar-refractivity contribution < 1.29 is 10.2 Å². The zero-order valence-corrected chi connectivity index (χ0v) is 7.91. The largest absolute Gasteiger partial charge is 0.508 e. The first-order chi connectivity index (χ1) is 6.19. The second kappa shape index (κ2) is 4.25. The molecule has 3 heteroatoms. The predicted octanol–water partition coefficient (Wildman–Crippen LogP) is 0.953. The van der Waals surface area contributed by atoms with Gasteiger partial charge in [-0.05, 0) is 37.2 Å². The lowest BCUT2D eigenvalue weighted by atomic mass is 10.0. The Kier molecular flexibility index (Phi) is 3.28. The molecule has 1 rings (SSSR count). The van der Waals surface area contributed by atoms with Gasteiger partial charge < -0.3 is 15.5 Å². The molecule has 1 unspecified atom stereocenters. The average Bonchev–Trinajstić information content (AvgIpc) is 2.13. The molecule has 0 spiro atoms. The lowest BCUT2D eigenvalue weighted by Crippen LogP contribution is -2.20. The Morgan fingerprint density at radius 1 is 1.46 bits per heavy atom. The summed E-state index contributed by atoms with van der Waals surface area (Å²) in [5.74, 6) is 0.231. The number of aryl methyl sites for hydroxylation is 1. The number of aromatic hydroxyl groups is 1. The fourth-order valence-electron chi connectivity index (χ4n) is 1.35. The lowest BCUT2D eigenvalue weighted by molar-refractivity contribution is 0.250. The number of nitrogens with one attached hydrogen (secondary N) is 1. The van der Waals surface area contributed by atoms with Gasteiger partial charge in [0.25, 0.3) is 0 Å². The van der Waals surface area contributed by atoms with Gasteiger partial charge in [-0.15, -0.1) is 0 Å². The number of aliphatic hydroxyl groups excluding tert-OH is 1. The fourth-order valence-corrected chi connectivity index (χ4v) is 1.35. The summed E-state index contributed by atoms with van der Waals surface area (Å²) in [5.41, 5.74) is 2.00. The van der Waals surface area contributed by atoms with Crippen LogP contribution in [0.1, 0.15) is 17.2 Å². The highest BCUT2D eigenvalue weighted by Crippen LogP contribution is 2.21. The Morgan fingerprint density at radius 2 is 2.15 bits per heavy atom. The first-order valence-corrected chi connectivity index (χ1v) is 4.26. The monoisotopic (exact) mass is 181 g/mol. The van der Waals surface area contributed by atoms with Crippen LogP contribution in [0, 0.1) is 6.92 Å². The third-order valence-electron chi connectivity index (χ3n) is 2.17. The van der Waals surface area contributed by atoms with E-state index in [1.165, 1.54) is 0 Å². The molecule has 3 N–H and O–H groups in total. The first kappa shape index (κ1) is 10.0. The van der Waals surface area contributed by atoms with E-state index >= 15 is 0 Å². The fraction of sp³-hybridized carbons (Fsp3) is 0.400. The molecule has 3 nitrogen and oxygen atoms in total. The highest BCUT2D eigenvalue weighted by molar-refractivity contribution is 5.36. The summed E-state index contributed by atoms with van der Waals surface area (Å²) in [5, 5.41) is 21.3. The van der Waals surface area contributed by atoms with Gasteiger partial charge in [0.15, 0.2) is 0 Å². The Bertz CT molecular complexity index is 282. The minimum absolute atomic E-state index is 0.0286. The minimum Gasteiger partial charge on any atom is -0.508 e. The van der Waals surface area contributed by atoms with E-state index < -0.39 is 0 Å². The van der Waals surface area contributed by atoms with E-state index in [1.807, 2.05) is 13.0 Å². The number of aliphatic hydroxyl groups is 1. The van der Waals surface area contributed by atoms with Crippen LogP contribution in [-0.2, 0) is 0 Å². The van der Waals surface area contributed by atoms with Crippen LogP contribution in [0.25, 0.3) is 0 Å². The van der Waals surface area contributed by atoms with E-state index in [0.717, 1.165) is 11.1 Å². The third kappa shape index (κ3) is 2.20. The molecule has 1 aromatic carbocycles. The van der Waals surface area contributed by atoms with Gasteiger partial charge >= 0.3 is 0 Å². The molecule has 0 aliphatic carbocycles. The van der Waals surface area contributed by atoms with Gasteiger partial charge in [-0.3, -0.25) is 0 Å². The van der Waals surface area contributed by atoms with E-state index in [1.54, 1.807) is 19.2 Å². The standard InChI is InChI=1S/C10H15NO2/c1-7-3-4-8(13)5-9(7)10(6-12)11-2/h3-5,10-13H,6H2,1-2H3. The second-order valence-corrected chi connectivity index (χ2v) is 3.06. The van der Waals surface area contributed by atoms with E-state index in [4.69, 9.17) is 5.11 Å². The summed E-state index contributed by atoms with van der Waals surface area (Å²) < 4.78 is 0. The van der Waals surface area contributed by atoms with Crippen molar-refractivity contribution >= 4 is 0 Å². The maximum Gasteiger partial charge on any atom is 0.115 e. The normalized spacial score (nSPS) is 12.8. The van der Waals surface area contributed by atoms with Gasteiger partial charge in [0, 0.05) is 0 Å². The molecule has 0 heterocycles. The average molecular weight is 181 g/mol. The highest BCUT2D eigenvalue weighted by atomic mass is 16.3. The van der Waals surface area contributed by atoms with Gasteiger partial charge in [0.1, 0.15) is 5.75 Å². The van der Waals surface area contributed by atoms with Crippen LogP contribution in [0.2, 0.25) is 0 Å². The van der Waals surface area contributed by atoms with Crippen molar-refractivity contribution in [1.29, 1.82) is 0 Å². The smallest absolute Gasteiger partial charge is 0.115 e. The Morgan fingerprint density at radius 3 is 2.69 bits per heavy atom. The zero-order chi connectivity index (χ0) is 9.84. The van der Waals surface area contributed by atoms with Gasteiger partial charge in [-0.25, -0.2) is 0 Å². The Balaban J connectivity index is 3.03. The Labute approximate surface area is 78.0 Å². The summed E-state index contributed by atoms with van der Waals surface area (Å²) in [4.78, 5) is 0. The van der Waals surface area contributed by atoms with Crippen molar-refractivity contribution in [2.45, 2.75) is 13.0 Å².